The average Bonchev–Trinajstić information content (AvgIpc) is 2.72. The van der Waals surface area contributed by atoms with Crippen molar-refractivity contribution in [3.63, 3.8) is 0 Å². The number of halogens is 2. The second-order valence-electron chi connectivity index (χ2n) is 5.79. The molecule has 0 bridgehead atoms. The quantitative estimate of drug-likeness (QED) is 0.289. The lowest BCUT2D eigenvalue weighted by Gasteiger charge is -2.06. The topological polar surface area (TPSA) is 59.9 Å². The Balaban J connectivity index is 1.53. The molecule has 3 rings (SSSR count). The number of nitrogens with zero attached hydrogens (tertiary/aromatic N) is 3. The van der Waals surface area contributed by atoms with Gasteiger partial charge in [0.25, 0.3) is 0 Å². The molecule has 144 valence electrons. The summed E-state index contributed by atoms with van der Waals surface area (Å²) in [4.78, 5) is 9.94. The first kappa shape index (κ1) is 20.6. The van der Waals surface area contributed by atoms with Gasteiger partial charge in [-0.25, -0.2) is 4.98 Å². The maximum Gasteiger partial charge on any atom is 0.209 e. The maximum atomic E-state index is 6.13. The third-order valence-electron chi connectivity index (χ3n) is 3.73. The molecule has 0 aliphatic heterocycles. The van der Waals surface area contributed by atoms with E-state index in [2.05, 4.69) is 32.8 Å². The highest BCUT2D eigenvalue weighted by Crippen LogP contribution is 2.25. The Morgan fingerprint density at radius 1 is 1.07 bits per heavy atom. The van der Waals surface area contributed by atoms with E-state index in [0.717, 1.165) is 22.7 Å². The molecule has 2 aromatic carbocycles. The van der Waals surface area contributed by atoms with E-state index >= 15 is 0 Å². The van der Waals surface area contributed by atoms with Crippen LogP contribution in [0.1, 0.15) is 22.5 Å². The Morgan fingerprint density at radius 2 is 1.89 bits per heavy atom. The number of benzene rings is 2. The second kappa shape index (κ2) is 10.4. The summed E-state index contributed by atoms with van der Waals surface area (Å²) in [7, 11) is 0. The summed E-state index contributed by atoms with van der Waals surface area (Å²) in [6, 6.07) is 15.6. The summed E-state index contributed by atoms with van der Waals surface area (Å²) >= 11 is 13.7. The molecule has 3 aromatic rings. The molecule has 1 heterocycles. The fraction of sp³-hybridized carbons (Fsp3) is 0.150. The SMILES string of the molecule is Cc1nnc(SCc2ccccc2)nc1C=CNOCc1cccc(Cl)c1Cl. The minimum atomic E-state index is 0.281. The Kier molecular flexibility index (Phi) is 7.68. The molecule has 0 aliphatic carbocycles. The number of aromatic nitrogens is 3. The first-order valence-corrected chi connectivity index (χ1v) is 10.2. The van der Waals surface area contributed by atoms with E-state index in [4.69, 9.17) is 28.0 Å². The van der Waals surface area contributed by atoms with Gasteiger partial charge in [0.2, 0.25) is 5.16 Å². The number of rotatable bonds is 8. The van der Waals surface area contributed by atoms with Crippen LogP contribution in [0.5, 0.6) is 0 Å². The number of hydrogen-bond donors (Lipinski definition) is 1. The van der Waals surface area contributed by atoms with Crippen LogP contribution < -0.4 is 5.48 Å². The zero-order valence-corrected chi connectivity index (χ0v) is 17.4. The van der Waals surface area contributed by atoms with E-state index < -0.39 is 0 Å². The molecule has 0 atom stereocenters. The van der Waals surface area contributed by atoms with Crippen molar-refractivity contribution in [1.29, 1.82) is 0 Å². The maximum absolute atomic E-state index is 6.13. The predicted octanol–water partition coefficient (Wildman–Crippen LogP) is 5.47. The van der Waals surface area contributed by atoms with Crippen molar-refractivity contribution in [3.05, 3.63) is 87.3 Å². The molecular weight excluding hydrogens is 415 g/mol. The van der Waals surface area contributed by atoms with E-state index in [9.17, 15) is 0 Å². The van der Waals surface area contributed by atoms with Gasteiger partial charge in [0.15, 0.2) is 0 Å². The third kappa shape index (κ3) is 5.94. The summed E-state index contributed by atoms with van der Waals surface area (Å²) in [5, 5.41) is 9.94. The lowest BCUT2D eigenvalue weighted by molar-refractivity contribution is 0.0582. The lowest BCUT2D eigenvalue weighted by Crippen LogP contribution is -2.07. The van der Waals surface area contributed by atoms with Crippen molar-refractivity contribution in [2.24, 2.45) is 0 Å². The minimum Gasteiger partial charge on any atom is -0.274 e. The smallest absolute Gasteiger partial charge is 0.209 e. The van der Waals surface area contributed by atoms with Gasteiger partial charge < -0.3 is 0 Å². The summed E-state index contributed by atoms with van der Waals surface area (Å²) in [5.41, 5.74) is 6.23. The van der Waals surface area contributed by atoms with Crippen LogP contribution in [0.2, 0.25) is 10.0 Å². The van der Waals surface area contributed by atoms with Crippen LogP contribution in [0.15, 0.2) is 59.9 Å². The molecule has 8 heteroatoms. The highest BCUT2D eigenvalue weighted by molar-refractivity contribution is 7.98. The third-order valence-corrected chi connectivity index (χ3v) is 5.50. The van der Waals surface area contributed by atoms with Crippen LogP contribution in [-0.4, -0.2) is 15.2 Å². The van der Waals surface area contributed by atoms with Gasteiger partial charge in [0.05, 0.1) is 21.4 Å². The first-order valence-electron chi connectivity index (χ1n) is 8.48. The van der Waals surface area contributed by atoms with Gasteiger partial charge in [-0.2, -0.15) is 5.10 Å². The summed E-state index contributed by atoms with van der Waals surface area (Å²) in [6.45, 7) is 2.14. The summed E-state index contributed by atoms with van der Waals surface area (Å²) in [6.07, 6.45) is 3.44. The van der Waals surface area contributed by atoms with E-state index in [1.165, 1.54) is 5.56 Å². The zero-order valence-electron chi connectivity index (χ0n) is 15.1. The molecule has 0 amide bonds. The monoisotopic (exact) mass is 432 g/mol. The number of nitrogens with one attached hydrogen (secondary N) is 1. The van der Waals surface area contributed by atoms with Gasteiger partial charge in [0.1, 0.15) is 6.61 Å². The van der Waals surface area contributed by atoms with Crippen LogP contribution in [-0.2, 0) is 17.2 Å². The summed E-state index contributed by atoms with van der Waals surface area (Å²) in [5.74, 6) is 0.788. The van der Waals surface area contributed by atoms with E-state index in [1.807, 2.05) is 37.3 Å². The number of hydrogen-bond acceptors (Lipinski definition) is 6. The molecule has 5 nitrogen and oxygen atoms in total. The van der Waals surface area contributed by atoms with E-state index in [-0.39, 0.29) is 6.61 Å². The van der Waals surface area contributed by atoms with Crippen molar-refractivity contribution >= 4 is 41.0 Å². The van der Waals surface area contributed by atoms with Crippen LogP contribution in [0.25, 0.3) is 6.08 Å². The van der Waals surface area contributed by atoms with E-state index in [0.29, 0.717) is 15.2 Å². The first-order chi connectivity index (χ1) is 13.6. The fourth-order valence-electron chi connectivity index (χ4n) is 2.26. The summed E-state index contributed by atoms with van der Waals surface area (Å²) < 4.78 is 0. The Labute approximate surface area is 178 Å². The molecule has 0 saturated carbocycles. The number of hydroxylamine groups is 1. The zero-order chi connectivity index (χ0) is 19.8. The molecule has 28 heavy (non-hydrogen) atoms. The molecule has 0 radical (unpaired) electrons. The standard InChI is InChI=1S/C20H18Cl2N4OS/c1-14-18(10-11-23-27-12-16-8-5-9-17(21)19(16)22)24-20(26-25-14)28-13-15-6-3-2-4-7-15/h2-11,23H,12-13H2,1H3. The molecule has 0 spiro atoms. The lowest BCUT2D eigenvalue weighted by atomic mass is 10.2. The molecule has 0 saturated heterocycles. The molecule has 0 unspecified atom stereocenters. The van der Waals surface area contributed by atoms with Gasteiger partial charge >= 0.3 is 0 Å². The van der Waals surface area contributed by atoms with Gasteiger partial charge in [0, 0.05) is 17.5 Å². The fourth-order valence-corrected chi connectivity index (χ4v) is 3.38. The molecule has 1 N–H and O–H groups in total. The van der Waals surface area contributed by atoms with Gasteiger partial charge in [-0.05, 0) is 24.6 Å². The van der Waals surface area contributed by atoms with Crippen LogP contribution in [0.3, 0.4) is 0 Å². The molecule has 0 fully saturated rings. The average molecular weight is 433 g/mol. The number of aryl methyl sites for hydroxylation is 1. The van der Waals surface area contributed by atoms with Gasteiger partial charge in [-0.1, -0.05) is 77.4 Å². The van der Waals surface area contributed by atoms with Crippen molar-refractivity contribution < 1.29 is 4.84 Å². The van der Waals surface area contributed by atoms with Crippen molar-refractivity contribution in [1.82, 2.24) is 20.7 Å². The normalized spacial score (nSPS) is 11.1. The highest BCUT2D eigenvalue weighted by atomic mass is 35.5. The Hall–Kier alpha value is -2.12. The van der Waals surface area contributed by atoms with Gasteiger partial charge in [-0.15, -0.1) is 5.10 Å². The van der Waals surface area contributed by atoms with Crippen molar-refractivity contribution in [3.8, 4) is 0 Å². The van der Waals surface area contributed by atoms with Crippen molar-refractivity contribution in [2.75, 3.05) is 0 Å². The highest BCUT2D eigenvalue weighted by Gasteiger charge is 2.05. The van der Waals surface area contributed by atoms with Crippen molar-refractivity contribution in [2.45, 2.75) is 24.4 Å². The Bertz CT molecular complexity index is 954. The minimum absolute atomic E-state index is 0.281. The second-order valence-corrected chi connectivity index (χ2v) is 7.52. The van der Waals surface area contributed by atoms with Crippen LogP contribution in [0.4, 0.5) is 0 Å². The van der Waals surface area contributed by atoms with Crippen LogP contribution in [0, 0.1) is 6.92 Å². The molecular formula is C20H18Cl2N4OS. The largest absolute Gasteiger partial charge is 0.274 e. The molecule has 1 aromatic heterocycles. The molecule has 0 aliphatic rings. The van der Waals surface area contributed by atoms with Crippen LogP contribution >= 0.6 is 35.0 Å². The van der Waals surface area contributed by atoms with Gasteiger partial charge in [-0.3, -0.25) is 10.3 Å². The predicted molar refractivity (Wildman–Crippen MR) is 114 cm³/mol. The van der Waals surface area contributed by atoms with E-state index in [1.54, 1.807) is 30.1 Å². The Morgan fingerprint density at radius 3 is 2.71 bits per heavy atom. The number of thioether (sulfide) groups is 1.